The predicted octanol–water partition coefficient (Wildman–Crippen LogP) is 5.36. The third-order valence-electron chi connectivity index (χ3n) is 5.64. The molecule has 7 heteroatoms. The van der Waals surface area contributed by atoms with Crippen LogP contribution in [0.1, 0.15) is 12.5 Å². The number of rotatable bonds is 5. The summed E-state index contributed by atoms with van der Waals surface area (Å²) in [6.07, 6.45) is 1.65. The molecule has 1 unspecified atom stereocenters. The van der Waals surface area contributed by atoms with Gasteiger partial charge in [-0.15, -0.1) is 0 Å². The molecule has 1 amide bonds. The van der Waals surface area contributed by atoms with Crippen LogP contribution in [-0.2, 0) is 4.79 Å². The van der Waals surface area contributed by atoms with Gasteiger partial charge in [-0.05, 0) is 49.1 Å². The minimum Gasteiger partial charge on any atom is -0.325 e. The summed E-state index contributed by atoms with van der Waals surface area (Å²) >= 11 is 1.24. The second-order valence-electron chi connectivity index (χ2n) is 7.97. The molecule has 0 fully saturated rings. The molecular weight excluding hydrogens is 444 g/mol. The molecule has 3 aromatic carbocycles. The fraction of sp³-hybridized carbons (Fsp3) is 0.111. The minimum absolute atomic E-state index is 0.173. The number of pyridine rings is 1. The number of hydrogen-bond donors (Lipinski definition) is 1. The van der Waals surface area contributed by atoms with Crippen LogP contribution < -0.4 is 10.9 Å². The van der Waals surface area contributed by atoms with Crippen molar-refractivity contribution in [3.8, 4) is 5.82 Å². The van der Waals surface area contributed by atoms with E-state index in [1.807, 2.05) is 80.6 Å². The maximum Gasteiger partial charge on any atom is 0.267 e. The Hall–Kier alpha value is -3.97. The smallest absolute Gasteiger partial charge is 0.267 e. The zero-order chi connectivity index (χ0) is 23.7. The molecule has 0 aliphatic carbocycles. The topological polar surface area (TPSA) is 76.9 Å². The molecule has 0 spiro atoms. The molecule has 2 heterocycles. The van der Waals surface area contributed by atoms with Crippen molar-refractivity contribution in [2.24, 2.45) is 0 Å². The number of hydrogen-bond acceptors (Lipinski definition) is 5. The summed E-state index contributed by atoms with van der Waals surface area (Å²) in [6, 6.07) is 24.7. The van der Waals surface area contributed by atoms with Crippen LogP contribution in [0, 0.1) is 6.92 Å². The van der Waals surface area contributed by atoms with Gasteiger partial charge in [-0.3, -0.25) is 9.59 Å². The largest absolute Gasteiger partial charge is 0.325 e. The van der Waals surface area contributed by atoms with Crippen molar-refractivity contribution >= 4 is 45.0 Å². The van der Waals surface area contributed by atoms with Crippen LogP contribution in [0.4, 0.5) is 5.69 Å². The summed E-state index contributed by atoms with van der Waals surface area (Å²) in [6.45, 7) is 3.71. The lowest BCUT2D eigenvalue weighted by molar-refractivity contribution is -0.115. The molecule has 0 aliphatic heterocycles. The molecule has 5 rings (SSSR count). The predicted molar refractivity (Wildman–Crippen MR) is 138 cm³/mol. The molecule has 0 saturated heterocycles. The Bertz CT molecular complexity index is 1590. The summed E-state index contributed by atoms with van der Waals surface area (Å²) in [5.41, 5.74) is 1.97. The molecule has 6 nitrogen and oxygen atoms in total. The van der Waals surface area contributed by atoms with Crippen LogP contribution in [-0.4, -0.2) is 25.7 Å². The van der Waals surface area contributed by atoms with E-state index in [2.05, 4.69) is 10.3 Å². The van der Waals surface area contributed by atoms with Gasteiger partial charge in [0.15, 0.2) is 5.16 Å². The number of amides is 1. The Labute approximate surface area is 200 Å². The van der Waals surface area contributed by atoms with Gasteiger partial charge in [-0.1, -0.05) is 66.4 Å². The number of para-hydroxylation sites is 1. The van der Waals surface area contributed by atoms with Gasteiger partial charge in [0.25, 0.3) is 5.56 Å². The molecular formula is C27H22N4O2S. The maximum absolute atomic E-state index is 13.5. The van der Waals surface area contributed by atoms with Crippen LogP contribution >= 0.6 is 11.8 Å². The van der Waals surface area contributed by atoms with Crippen molar-refractivity contribution in [3.63, 3.8) is 0 Å². The van der Waals surface area contributed by atoms with E-state index < -0.39 is 5.25 Å². The standard InChI is InChI=1S/C27H22N4O2S/c1-17-9-8-16-28-24(17)31-26(33)21-13-5-6-14-23(21)30-27(31)34-18(2)25(32)29-22-15-7-11-19-10-3-4-12-20(19)22/h3-16,18H,1-2H3,(H,29,32). The van der Waals surface area contributed by atoms with E-state index in [0.717, 1.165) is 22.0 Å². The Kier molecular flexibility index (Phi) is 5.86. The zero-order valence-corrected chi connectivity index (χ0v) is 19.5. The molecule has 0 saturated carbocycles. The number of carbonyl (C=O) groups is 1. The third-order valence-corrected chi connectivity index (χ3v) is 6.69. The second-order valence-corrected chi connectivity index (χ2v) is 9.28. The number of fused-ring (bicyclic) bond motifs is 2. The van der Waals surface area contributed by atoms with Gasteiger partial charge >= 0.3 is 0 Å². The highest BCUT2D eigenvalue weighted by Crippen LogP contribution is 2.28. The van der Waals surface area contributed by atoms with Gasteiger partial charge in [0.2, 0.25) is 5.91 Å². The molecule has 1 N–H and O–H groups in total. The zero-order valence-electron chi connectivity index (χ0n) is 18.7. The maximum atomic E-state index is 13.5. The number of carbonyl (C=O) groups excluding carboxylic acids is 1. The van der Waals surface area contributed by atoms with Crippen molar-refractivity contribution in [1.29, 1.82) is 0 Å². The summed E-state index contributed by atoms with van der Waals surface area (Å²) in [5.74, 6) is 0.336. The van der Waals surface area contributed by atoms with Crippen LogP contribution in [0.15, 0.2) is 95.0 Å². The van der Waals surface area contributed by atoms with Crippen LogP contribution in [0.2, 0.25) is 0 Å². The SMILES string of the molecule is Cc1cccnc1-n1c(SC(C)C(=O)Nc2cccc3ccccc23)nc2ccccc2c1=O. The summed E-state index contributed by atoms with van der Waals surface area (Å²) in [5, 5.41) is 5.48. The highest BCUT2D eigenvalue weighted by Gasteiger charge is 2.22. The van der Waals surface area contributed by atoms with E-state index in [-0.39, 0.29) is 11.5 Å². The average Bonchev–Trinajstić information content (AvgIpc) is 2.85. The van der Waals surface area contributed by atoms with Crippen LogP contribution in [0.25, 0.3) is 27.5 Å². The van der Waals surface area contributed by atoms with E-state index in [4.69, 9.17) is 4.98 Å². The lowest BCUT2D eigenvalue weighted by atomic mass is 10.1. The van der Waals surface area contributed by atoms with E-state index in [9.17, 15) is 9.59 Å². The van der Waals surface area contributed by atoms with Crippen molar-refractivity contribution in [2.45, 2.75) is 24.3 Å². The molecule has 0 radical (unpaired) electrons. The highest BCUT2D eigenvalue weighted by atomic mass is 32.2. The number of nitrogens with one attached hydrogen (secondary N) is 1. The lowest BCUT2D eigenvalue weighted by Gasteiger charge is -2.17. The van der Waals surface area contributed by atoms with Crippen molar-refractivity contribution < 1.29 is 4.79 Å². The second kappa shape index (κ2) is 9.11. The Morgan fingerprint density at radius 2 is 1.68 bits per heavy atom. The van der Waals surface area contributed by atoms with E-state index >= 15 is 0 Å². The average molecular weight is 467 g/mol. The Morgan fingerprint density at radius 1 is 0.941 bits per heavy atom. The van der Waals surface area contributed by atoms with Gasteiger partial charge in [-0.25, -0.2) is 14.5 Å². The van der Waals surface area contributed by atoms with Gasteiger partial charge in [0.05, 0.1) is 16.2 Å². The Morgan fingerprint density at radius 3 is 2.50 bits per heavy atom. The van der Waals surface area contributed by atoms with Gasteiger partial charge in [-0.2, -0.15) is 0 Å². The number of anilines is 1. The lowest BCUT2D eigenvalue weighted by Crippen LogP contribution is -2.27. The van der Waals surface area contributed by atoms with E-state index in [0.29, 0.717) is 21.9 Å². The van der Waals surface area contributed by atoms with Crippen molar-refractivity contribution in [1.82, 2.24) is 14.5 Å². The van der Waals surface area contributed by atoms with Crippen LogP contribution in [0.3, 0.4) is 0 Å². The number of benzene rings is 3. The number of aryl methyl sites for hydroxylation is 1. The fourth-order valence-electron chi connectivity index (χ4n) is 3.87. The third kappa shape index (κ3) is 4.06. The summed E-state index contributed by atoms with van der Waals surface area (Å²) in [7, 11) is 0. The molecule has 168 valence electrons. The molecule has 0 aliphatic rings. The van der Waals surface area contributed by atoms with Crippen molar-refractivity contribution in [3.05, 3.63) is 101 Å². The van der Waals surface area contributed by atoms with Gasteiger partial charge in [0, 0.05) is 17.3 Å². The van der Waals surface area contributed by atoms with Gasteiger partial charge in [0.1, 0.15) is 5.82 Å². The first-order valence-corrected chi connectivity index (χ1v) is 11.8. The van der Waals surface area contributed by atoms with E-state index in [1.165, 1.54) is 16.3 Å². The van der Waals surface area contributed by atoms with Gasteiger partial charge < -0.3 is 5.32 Å². The first kappa shape index (κ1) is 21.9. The Balaban J connectivity index is 1.53. The first-order chi connectivity index (χ1) is 16.5. The summed E-state index contributed by atoms with van der Waals surface area (Å²) < 4.78 is 1.50. The molecule has 0 bridgehead atoms. The normalized spacial score (nSPS) is 12.1. The summed E-state index contributed by atoms with van der Waals surface area (Å²) in [4.78, 5) is 35.8. The van der Waals surface area contributed by atoms with Crippen molar-refractivity contribution in [2.75, 3.05) is 5.32 Å². The highest BCUT2D eigenvalue weighted by molar-refractivity contribution is 8.00. The molecule has 2 aromatic heterocycles. The number of thioether (sulfide) groups is 1. The molecule has 1 atom stereocenters. The monoisotopic (exact) mass is 466 g/mol. The molecule has 34 heavy (non-hydrogen) atoms. The number of nitrogens with zero attached hydrogens (tertiary/aromatic N) is 3. The molecule has 5 aromatic rings. The fourth-order valence-corrected chi connectivity index (χ4v) is 4.78. The quantitative estimate of drug-likeness (QED) is 0.279. The minimum atomic E-state index is -0.512. The number of aromatic nitrogens is 3. The first-order valence-electron chi connectivity index (χ1n) is 10.9. The van der Waals surface area contributed by atoms with E-state index in [1.54, 1.807) is 18.3 Å². The van der Waals surface area contributed by atoms with Crippen LogP contribution in [0.5, 0.6) is 0 Å².